The van der Waals surface area contributed by atoms with Crippen LogP contribution in [0.25, 0.3) is 5.65 Å². The van der Waals surface area contributed by atoms with Gasteiger partial charge in [0.1, 0.15) is 0 Å². The molecule has 8 heteroatoms. The Bertz CT molecular complexity index is 1230. The number of nitrogens with one attached hydrogen (secondary N) is 2. The minimum atomic E-state index is -0.467. The minimum Gasteiger partial charge on any atom is -0.346 e. The number of carbonyl (C=O) groups is 2. The normalized spacial score (nSPS) is 12.7. The Morgan fingerprint density at radius 1 is 0.882 bits per heavy atom. The van der Waals surface area contributed by atoms with E-state index >= 15 is 0 Å². The molecule has 2 amide bonds. The second kappa shape index (κ2) is 11.5. The van der Waals surface area contributed by atoms with Gasteiger partial charge in [0.15, 0.2) is 11.5 Å². The summed E-state index contributed by atoms with van der Waals surface area (Å²) in [6.07, 6.45) is 4.76. The molecule has 34 heavy (non-hydrogen) atoms. The quantitative estimate of drug-likeness (QED) is 0.360. The third-order valence-electron chi connectivity index (χ3n) is 5.53. The van der Waals surface area contributed by atoms with Crippen molar-refractivity contribution in [2.45, 2.75) is 24.9 Å². The molecule has 2 unspecified atom stereocenters. The standard InChI is InChI=1S/C26H27N5O2S/c1-34-17-15-21(25-30-29-23-14-8-9-16-31(23)25)27-24(32)18-22(19-10-4-2-5-11-19)28-26(33)20-12-6-3-7-13-20/h2-14,16,21-22H,15,17-18H2,1H3,(H,27,32)(H,28,33). The van der Waals surface area contributed by atoms with E-state index in [1.165, 1.54) is 0 Å². The van der Waals surface area contributed by atoms with Crippen LogP contribution in [0, 0.1) is 0 Å². The van der Waals surface area contributed by atoms with Gasteiger partial charge in [-0.25, -0.2) is 0 Å². The molecule has 2 heterocycles. The van der Waals surface area contributed by atoms with E-state index < -0.39 is 6.04 Å². The van der Waals surface area contributed by atoms with Crippen molar-refractivity contribution in [3.05, 3.63) is 102 Å². The maximum Gasteiger partial charge on any atom is 0.251 e. The molecular formula is C26H27N5O2S. The van der Waals surface area contributed by atoms with Crippen molar-refractivity contribution in [1.82, 2.24) is 25.2 Å². The number of amides is 2. The fraction of sp³-hybridized carbons (Fsp3) is 0.231. The molecule has 0 aliphatic rings. The summed E-state index contributed by atoms with van der Waals surface area (Å²) in [6, 6.07) is 23.5. The van der Waals surface area contributed by atoms with E-state index in [0.717, 1.165) is 23.4 Å². The van der Waals surface area contributed by atoms with Gasteiger partial charge in [0.2, 0.25) is 5.91 Å². The van der Waals surface area contributed by atoms with Crippen LogP contribution in [0.15, 0.2) is 85.1 Å². The first-order chi connectivity index (χ1) is 16.7. The predicted molar refractivity (Wildman–Crippen MR) is 135 cm³/mol. The number of thioether (sulfide) groups is 1. The van der Waals surface area contributed by atoms with Gasteiger partial charge in [0.25, 0.3) is 5.91 Å². The lowest BCUT2D eigenvalue weighted by Gasteiger charge is -2.22. The van der Waals surface area contributed by atoms with Crippen molar-refractivity contribution < 1.29 is 9.59 Å². The van der Waals surface area contributed by atoms with E-state index in [-0.39, 0.29) is 24.3 Å². The number of benzene rings is 2. The fourth-order valence-corrected chi connectivity index (χ4v) is 4.28. The molecule has 0 spiro atoms. The number of rotatable bonds is 10. The molecule has 2 N–H and O–H groups in total. The Labute approximate surface area is 203 Å². The van der Waals surface area contributed by atoms with Crippen LogP contribution in [-0.2, 0) is 4.79 Å². The van der Waals surface area contributed by atoms with Gasteiger partial charge in [-0.2, -0.15) is 11.8 Å². The van der Waals surface area contributed by atoms with Crippen LogP contribution in [-0.4, -0.2) is 38.4 Å². The summed E-state index contributed by atoms with van der Waals surface area (Å²) in [7, 11) is 0. The highest BCUT2D eigenvalue weighted by Crippen LogP contribution is 2.21. The first-order valence-corrected chi connectivity index (χ1v) is 12.5. The monoisotopic (exact) mass is 473 g/mol. The van der Waals surface area contributed by atoms with Gasteiger partial charge in [-0.3, -0.25) is 14.0 Å². The van der Waals surface area contributed by atoms with Crippen LogP contribution < -0.4 is 10.6 Å². The SMILES string of the molecule is CSCCC(NC(=O)CC(NC(=O)c1ccccc1)c1ccccc1)c1nnc2ccccn12. The minimum absolute atomic E-state index is 0.106. The van der Waals surface area contributed by atoms with Crippen molar-refractivity contribution in [2.75, 3.05) is 12.0 Å². The fourth-order valence-electron chi connectivity index (χ4n) is 3.81. The molecular weight excluding hydrogens is 446 g/mol. The zero-order valence-corrected chi connectivity index (χ0v) is 19.7. The third-order valence-corrected chi connectivity index (χ3v) is 6.17. The Hall–Kier alpha value is -3.65. The van der Waals surface area contributed by atoms with Crippen LogP contribution in [0.5, 0.6) is 0 Å². The van der Waals surface area contributed by atoms with Gasteiger partial charge in [0.05, 0.1) is 18.5 Å². The number of carbonyl (C=O) groups excluding carboxylic acids is 2. The van der Waals surface area contributed by atoms with E-state index in [9.17, 15) is 9.59 Å². The summed E-state index contributed by atoms with van der Waals surface area (Å²) in [5.41, 5.74) is 2.16. The Morgan fingerprint density at radius 3 is 2.32 bits per heavy atom. The van der Waals surface area contributed by atoms with E-state index in [1.54, 1.807) is 23.9 Å². The number of fused-ring (bicyclic) bond motifs is 1. The highest BCUT2D eigenvalue weighted by atomic mass is 32.2. The molecule has 174 valence electrons. The predicted octanol–water partition coefficient (Wildman–Crippen LogP) is 4.20. The molecule has 2 atom stereocenters. The smallest absolute Gasteiger partial charge is 0.251 e. The van der Waals surface area contributed by atoms with Crippen LogP contribution in [0.1, 0.15) is 46.7 Å². The topological polar surface area (TPSA) is 88.4 Å². The van der Waals surface area contributed by atoms with Gasteiger partial charge in [-0.1, -0.05) is 54.6 Å². The second-order valence-electron chi connectivity index (χ2n) is 7.90. The lowest BCUT2D eigenvalue weighted by Crippen LogP contribution is -2.36. The summed E-state index contributed by atoms with van der Waals surface area (Å²) in [5.74, 6) is 1.17. The van der Waals surface area contributed by atoms with Gasteiger partial charge in [-0.05, 0) is 48.3 Å². The van der Waals surface area contributed by atoms with Gasteiger partial charge < -0.3 is 10.6 Å². The van der Waals surface area contributed by atoms with Gasteiger partial charge in [-0.15, -0.1) is 10.2 Å². The third kappa shape index (κ3) is 5.82. The zero-order valence-electron chi connectivity index (χ0n) is 18.9. The van der Waals surface area contributed by atoms with Crippen molar-refractivity contribution in [2.24, 2.45) is 0 Å². The van der Waals surface area contributed by atoms with E-state index in [1.807, 2.05) is 83.6 Å². The molecule has 0 saturated heterocycles. The number of pyridine rings is 1. The average Bonchev–Trinajstić information content (AvgIpc) is 3.31. The van der Waals surface area contributed by atoms with E-state index in [0.29, 0.717) is 11.4 Å². The second-order valence-corrected chi connectivity index (χ2v) is 8.88. The summed E-state index contributed by atoms with van der Waals surface area (Å²) < 4.78 is 1.90. The van der Waals surface area contributed by atoms with Crippen molar-refractivity contribution >= 4 is 29.2 Å². The first-order valence-electron chi connectivity index (χ1n) is 11.1. The summed E-state index contributed by atoms with van der Waals surface area (Å²) in [5, 5.41) is 14.7. The van der Waals surface area contributed by atoms with Crippen LogP contribution in [0.3, 0.4) is 0 Å². The van der Waals surface area contributed by atoms with Crippen LogP contribution in [0.2, 0.25) is 0 Å². The maximum atomic E-state index is 13.2. The summed E-state index contributed by atoms with van der Waals surface area (Å²) in [4.78, 5) is 26.1. The molecule has 0 radical (unpaired) electrons. The Morgan fingerprint density at radius 2 is 1.59 bits per heavy atom. The van der Waals surface area contributed by atoms with Gasteiger partial charge in [0, 0.05) is 11.8 Å². The summed E-state index contributed by atoms with van der Waals surface area (Å²) >= 11 is 1.71. The molecule has 0 aliphatic carbocycles. The molecule has 7 nitrogen and oxygen atoms in total. The largest absolute Gasteiger partial charge is 0.346 e. The molecule has 0 fully saturated rings. The molecule has 0 saturated carbocycles. The van der Waals surface area contributed by atoms with Crippen LogP contribution in [0.4, 0.5) is 0 Å². The Kier molecular flexibility index (Phi) is 7.93. The molecule has 0 aliphatic heterocycles. The molecule has 2 aromatic carbocycles. The first kappa shape index (κ1) is 23.5. The van der Waals surface area contributed by atoms with E-state index in [2.05, 4.69) is 20.8 Å². The lowest BCUT2D eigenvalue weighted by molar-refractivity contribution is -0.122. The summed E-state index contributed by atoms with van der Waals surface area (Å²) in [6.45, 7) is 0. The number of nitrogens with zero attached hydrogens (tertiary/aromatic N) is 3. The molecule has 0 bridgehead atoms. The van der Waals surface area contributed by atoms with Crippen molar-refractivity contribution in [3.8, 4) is 0 Å². The van der Waals surface area contributed by atoms with Crippen molar-refractivity contribution in [3.63, 3.8) is 0 Å². The van der Waals surface area contributed by atoms with E-state index in [4.69, 9.17) is 0 Å². The number of hydrogen-bond acceptors (Lipinski definition) is 5. The number of hydrogen-bond donors (Lipinski definition) is 2. The Balaban J connectivity index is 1.53. The maximum absolute atomic E-state index is 13.2. The number of aromatic nitrogens is 3. The lowest BCUT2D eigenvalue weighted by atomic mass is 10.0. The molecule has 2 aromatic heterocycles. The highest BCUT2D eigenvalue weighted by molar-refractivity contribution is 7.98. The van der Waals surface area contributed by atoms with Crippen molar-refractivity contribution in [1.29, 1.82) is 0 Å². The molecule has 4 aromatic rings. The molecule has 4 rings (SSSR count). The zero-order chi connectivity index (χ0) is 23.8. The van der Waals surface area contributed by atoms with Crippen LogP contribution >= 0.6 is 11.8 Å². The highest BCUT2D eigenvalue weighted by Gasteiger charge is 2.24. The average molecular weight is 474 g/mol. The van der Waals surface area contributed by atoms with Gasteiger partial charge >= 0.3 is 0 Å².